The number of carbonyl (C=O) groups is 1. The Balaban J connectivity index is 3.03. The van der Waals surface area contributed by atoms with Crippen molar-refractivity contribution >= 4 is 5.78 Å². The molecule has 1 aromatic rings. The van der Waals surface area contributed by atoms with Crippen LogP contribution in [0.1, 0.15) is 42.1 Å². The maximum absolute atomic E-state index is 12.0. The summed E-state index contributed by atoms with van der Waals surface area (Å²) in [4.78, 5) is 12.0. The molecule has 0 aliphatic carbocycles. The number of methoxy groups -OCH3 is 1. The van der Waals surface area contributed by atoms with E-state index in [1.165, 1.54) is 0 Å². The van der Waals surface area contributed by atoms with Gasteiger partial charge in [-0.25, -0.2) is 0 Å². The lowest BCUT2D eigenvalue weighted by Crippen LogP contribution is -2.07. The number of rotatable bonds is 5. The first-order valence-electron chi connectivity index (χ1n) is 6.03. The highest BCUT2D eigenvalue weighted by atomic mass is 16.5. The highest BCUT2D eigenvalue weighted by Crippen LogP contribution is 2.28. The van der Waals surface area contributed by atoms with E-state index >= 15 is 0 Å². The molecule has 0 heterocycles. The van der Waals surface area contributed by atoms with Gasteiger partial charge in [-0.05, 0) is 29.7 Å². The van der Waals surface area contributed by atoms with Crippen LogP contribution in [0, 0.1) is 28.6 Å². The van der Waals surface area contributed by atoms with Crippen molar-refractivity contribution in [2.75, 3.05) is 7.11 Å². The number of nitrogens with zero attached hydrogens (tertiary/aromatic N) is 2. The number of ether oxygens (including phenoxy) is 1. The van der Waals surface area contributed by atoms with Gasteiger partial charge < -0.3 is 4.74 Å². The summed E-state index contributed by atoms with van der Waals surface area (Å²) in [5, 5.41) is 17.4. The summed E-state index contributed by atoms with van der Waals surface area (Å²) in [7, 11) is 1.59. The highest BCUT2D eigenvalue weighted by molar-refractivity contribution is 5.97. The Hall–Kier alpha value is -2.33. The Kier molecular flexibility index (Phi) is 5.09. The van der Waals surface area contributed by atoms with Crippen LogP contribution in [0.3, 0.4) is 0 Å². The molecule has 0 aliphatic rings. The second-order valence-electron chi connectivity index (χ2n) is 4.55. The van der Waals surface area contributed by atoms with Crippen LogP contribution in [0.5, 0.6) is 5.75 Å². The van der Waals surface area contributed by atoms with Crippen LogP contribution < -0.4 is 4.74 Å². The molecule has 0 amide bonds. The van der Waals surface area contributed by atoms with Crippen LogP contribution in [-0.2, 0) is 0 Å². The van der Waals surface area contributed by atoms with Gasteiger partial charge in [0, 0.05) is 12.0 Å². The number of benzene rings is 1. The van der Waals surface area contributed by atoms with Crippen LogP contribution in [0.2, 0.25) is 0 Å². The van der Waals surface area contributed by atoms with Gasteiger partial charge in [0.15, 0.2) is 5.78 Å². The fraction of sp³-hybridized carbons (Fsp3) is 0.400. The standard InChI is InChI=1S/C15H16N2O2/c1-10(2)13-7-12(4-5-15(13)19-3)14(18)6-11(8-16)9-17/h4-5,7,10-11H,6H2,1-3H3. The Bertz CT molecular complexity index is 536. The van der Waals surface area contributed by atoms with Gasteiger partial charge >= 0.3 is 0 Å². The summed E-state index contributed by atoms with van der Waals surface area (Å²) in [5.74, 6) is -0.121. The van der Waals surface area contributed by atoms with E-state index in [1.54, 1.807) is 37.4 Å². The zero-order valence-corrected chi connectivity index (χ0v) is 11.3. The third kappa shape index (κ3) is 3.56. The van der Waals surface area contributed by atoms with Crippen molar-refractivity contribution in [1.82, 2.24) is 0 Å². The van der Waals surface area contributed by atoms with Crippen LogP contribution in [0.4, 0.5) is 0 Å². The zero-order valence-electron chi connectivity index (χ0n) is 11.3. The SMILES string of the molecule is COc1ccc(C(=O)CC(C#N)C#N)cc1C(C)C. The van der Waals surface area contributed by atoms with Crippen molar-refractivity contribution in [3.8, 4) is 17.9 Å². The molecule has 0 unspecified atom stereocenters. The summed E-state index contributed by atoms with van der Waals surface area (Å²) in [5.41, 5.74) is 1.46. The lowest BCUT2D eigenvalue weighted by Gasteiger charge is -2.13. The topological polar surface area (TPSA) is 73.9 Å². The van der Waals surface area contributed by atoms with E-state index < -0.39 is 5.92 Å². The van der Waals surface area contributed by atoms with Gasteiger partial charge in [-0.1, -0.05) is 13.8 Å². The predicted molar refractivity (Wildman–Crippen MR) is 70.7 cm³/mol. The zero-order chi connectivity index (χ0) is 14.4. The van der Waals surface area contributed by atoms with E-state index in [2.05, 4.69) is 0 Å². The molecular formula is C15H16N2O2. The number of carbonyl (C=O) groups excluding carboxylic acids is 1. The molecule has 98 valence electrons. The van der Waals surface area contributed by atoms with E-state index in [-0.39, 0.29) is 18.1 Å². The minimum Gasteiger partial charge on any atom is -0.496 e. The van der Waals surface area contributed by atoms with Gasteiger partial charge in [-0.3, -0.25) is 4.79 Å². The average Bonchev–Trinajstić information content (AvgIpc) is 2.43. The minimum absolute atomic E-state index is 0.0726. The second kappa shape index (κ2) is 6.56. The van der Waals surface area contributed by atoms with Crippen LogP contribution in [0.15, 0.2) is 18.2 Å². The van der Waals surface area contributed by atoms with E-state index in [4.69, 9.17) is 15.3 Å². The molecule has 0 saturated heterocycles. The van der Waals surface area contributed by atoms with Crippen molar-refractivity contribution in [2.45, 2.75) is 26.2 Å². The monoisotopic (exact) mass is 256 g/mol. The highest BCUT2D eigenvalue weighted by Gasteiger charge is 2.16. The van der Waals surface area contributed by atoms with E-state index in [0.29, 0.717) is 5.56 Å². The van der Waals surface area contributed by atoms with E-state index in [1.807, 2.05) is 13.8 Å². The van der Waals surface area contributed by atoms with Gasteiger partial charge in [0.2, 0.25) is 0 Å². The molecule has 1 rings (SSSR count). The van der Waals surface area contributed by atoms with Crippen molar-refractivity contribution < 1.29 is 9.53 Å². The van der Waals surface area contributed by atoms with Gasteiger partial charge in [0.1, 0.15) is 11.7 Å². The van der Waals surface area contributed by atoms with Crippen molar-refractivity contribution in [1.29, 1.82) is 10.5 Å². The van der Waals surface area contributed by atoms with Crippen LogP contribution in [0.25, 0.3) is 0 Å². The van der Waals surface area contributed by atoms with Crippen LogP contribution in [-0.4, -0.2) is 12.9 Å². The molecule has 0 aromatic heterocycles. The molecule has 0 atom stereocenters. The normalized spacial score (nSPS) is 10.1. The molecule has 19 heavy (non-hydrogen) atoms. The molecule has 0 fully saturated rings. The smallest absolute Gasteiger partial charge is 0.165 e. The first-order chi connectivity index (χ1) is 9.03. The molecule has 0 aliphatic heterocycles. The number of ketones is 1. The first-order valence-corrected chi connectivity index (χ1v) is 6.03. The quantitative estimate of drug-likeness (QED) is 0.759. The van der Waals surface area contributed by atoms with Crippen LogP contribution >= 0.6 is 0 Å². The van der Waals surface area contributed by atoms with E-state index in [9.17, 15) is 4.79 Å². The minimum atomic E-state index is -0.892. The summed E-state index contributed by atoms with van der Waals surface area (Å²) < 4.78 is 5.25. The third-order valence-corrected chi connectivity index (χ3v) is 2.87. The Morgan fingerprint density at radius 3 is 2.42 bits per heavy atom. The van der Waals surface area contributed by atoms with Gasteiger partial charge in [0.25, 0.3) is 0 Å². The van der Waals surface area contributed by atoms with Crippen molar-refractivity contribution in [2.24, 2.45) is 5.92 Å². The molecular weight excluding hydrogens is 240 g/mol. The Labute approximate surface area is 113 Å². The fourth-order valence-corrected chi connectivity index (χ4v) is 1.78. The maximum atomic E-state index is 12.0. The fourth-order valence-electron chi connectivity index (χ4n) is 1.78. The largest absolute Gasteiger partial charge is 0.496 e. The first kappa shape index (κ1) is 14.7. The van der Waals surface area contributed by atoms with Gasteiger partial charge in [0.05, 0.1) is 19.2 Å². The lowest BCUT2D eigenvalue weighted by molar-refractivity contribution is 0.0976. The lowest BCUT2D eigenvalue weighted by atomic mass is 9.95. The number of hydrogen-bond acceptors (Lipinski definition) is 4. The molecule has 0 spiro atoms. The molecule has 0 radical (unpaired) electrons. The summed E-state index contributed by atoms with van der Waals surface area (Å²) in [6.07, 6.45) is -0.0726. The molecule has 0 saturated carbocycles. The molecule has 1 aromatic carbocycles. The third-order valence-electron chi connectivity index (χ3n) is 2.87. The number of nitriles is 2. The number of Topliss-reactive ketones (excluding diaryl/α,β-unsaturated/α-hetero) is 1. The second-order valence-corrected chi connectivity index (χ2v) is 4.55. The molecule has 4 nitrogen and oxygen atoms in total. The summed E-state index contributed by atoms with van der Waals surface area (Å²) >= 11 is 0. The van der Waals surface area contributed by atoms with Crippen molar-refractivity contribution in [3.05, 3.63) is 29.3 Å². The summed E-state index contributed by atoms with van der Waals surface area (Å²) in [6.45, 7) is 4.03. The molecule has 4 heteroatoms. The maximum Gasteiger partial charge on any atom is 0.165 e. The van der Waals surface area contributed by atoms with E-state index in [0.717, 1.165) is 11.3 Å². The summed E-state index contributed by atoms with van der Waals surface area (Å²) in [6, 6.07) is 8.80. The van der Waals surface area contributed by atoms with Crippen molar-refractivity contribution in [3.63, 3.8) is 0 Å². The molecule has 0 N–H and O–H groups in total. The molecule has 0 bridgehead atoms. The average molecular weight is 256 g/mol. The Morgan fingerprint density at radius 2 is 1.95 bits per heavy atom. The Morgan fingerprint density at radius 1 is 1.32 bits per heavy atom. The van der Waals surface area contributed by atoms with Gasteiger partial charge in [-0.2, -0.15) is 10.5 Å². The predicted octanol–water partition coefficient (Wildman–Crippen LogP) is 3.05. The van der Waals surface area contributed by atoms with Gasteiger partial charge in [-0.15, -0.1) is 0 Å². The number of hydrogen-bond donors (Lipinski definition) is 0.